The fourth-order valence-electron chi connectivity index (χ4n) is 6.51. The highest BCUT2D eigenvalue weighted by atomic mass is 35.5. The average molecular weight is 428 g/mol. The molecule has 4 bridgehead atoms. The monoisotopic (exact) mass is 427 g/mol. The molecule has 0 aliphatic heterocycles. The largest absolute Gasteiger partial charge is 0.481 e. The first-order chi connectivity index (χ1) is 14.4. The Kier molecular flexibility index (Phi) is 4.65. The van der Waals surface area contributed by atoms with Crippen LogP contribution in [0.5, 0.6) is 0 Å². The van der Waals surface area contributed by atoms with Gasteiger partial charge < -0.3 is 10.4 Å². The van der Waals surface area contributed by atoms with E-state index in [0.717, 1.165) is 24.8 Å². The Labute approximate surface area is 180 Å². The second-order valence-electron chi connectivity index (χ2n) is 9.46. The average Bonchev–Trinajstić information content (AvgIpc) is 2.69. The topological polar surface area (TPSA) is 84.2 Å². The minimum Gasteiger partial charge on any atom is -0.481 e. The van der Waals surface area contributed by atoms with Crippen molar-refractivity contribution in [3.63, 3.8) is 0 Å². The van der Waals surface area contributed by atoms with E-state index in [9.17, 15) is 14.7 Å². The number of rotatable bonds is 5. The third-order valence-electron chi connectivity index (χ3n) is 7.48. The van der Waals surface area contributed by atoms with Crippen LogP contribution in [0.25, 0.3) is 0 Å². The van der Waals surface area contributed by atoms with Crippen LogP contribution in [0.1, 0.15) is 43.2 Å². The van der Waals surface area contributed by atoms with Crippen molar-refractivity contribution in [2.24, 2.45) is 23.7 Å². The lowest BCUT2D eigenvalue weighted by Gasteiger charge is -2.59. The van der Waals surface area contributed by atoms with Crippen LogP contribution in [0.4, 0.5) is 5.69 Å². The normalized spacial score (nSPS) is 31.7. The highest BCUT2D eigenvalue weighted by Gasteiger charge is 2.61. The van der Waals surface area contributed by atoms with Crippen LogP contribution in [0, 0.1) is 30.6 Å². The first kappa shape index (κ1) is 19.6. The summed E-state index contributed by atoms with van der Waals surface area (Å²) in [5.41, 5.74) is 1.60. The lowest BCUT2D eigenvalue weighted by atomic mass is 9.48. The number of aromatic nitrogens is 2. The van der Waals surface area contributed by atoms with Gasteiger partial charge in [0.25, 0.3) is 5.56 Å². The van der Waals surface area contributed by atoms with E-state index in [1.54, 1.807) is 6.20 Å². The van der Waals surface area contributed by atoms with Gasteiger partial charge in [-0.2, -0.15) is 5.10 Å². The molecule has 0 amide bonds. The molecule has 4 aliphatic carbocycles. The number of carbonyl (C=O) groups is 1. The van der Waals surface area contributed by atoms with Crippen LogP contribution >= 0.6 is 11.6 Å². The molecule has 0 radical (unpaired) electrons. The highest BCUT2D eigenvalue weighted by Crippen LogP contribution is 2.61. The summed E-state index contributed by atoms with van der Waals surface area (Å²) in [7, 11) is 0. The summed E-state index contributed by atoms with van der Waals surface area (Å²) in [6, 6.07) is 8.12. The number of aliphatic carboxylic acids is 1. The van der Waals surface area contributed by atoms with Crippen LogP contribution < -0.4 is 10.9 Å². The number of halogens is 1. The molecule has 0 spiro atoms. The van der Waals surface area contributed by atoms with Crippen molar-refractivity contribution < 1.29 is 9.90 Å². The predicted octanol–water partition coefficient (Wildman–Crippen LogP) is 4.05. The second-order valence-corrected chi connectivity index (χ2v) is 9.83. The standard InChI is InChI=1S/C23H26ClN3O3/c1-13-2-4-14(5-3-13)11-25-18-12-26-27(21(28)20(18)24)23-9-15-6-16(10-23)8-17(7-15)19(23)22(29)30/h2-5,12,15-17,19,25H,6-11H2,1H3,(H,29,30). The molecular formula is C23H26ClN3O3. The molecule has 1 aromatic heterocycles. The van der Waals surface area contributed by atoms with Crippen molar-refractivity contribution in [2.75, 3.05) is 5.32 Å². The van der Waals surface area contributed by atoms with Gasteiger partial charge in [-0.05, 0) is 62.3 Å². The molecule has 1 aromatic carbocycles. The number of carboxylic acid groups (broad SMARTS) is 1. The van der Waals surface area contributed by atoms with E-state index in [1.807, 2.05) is 31.2 Å². The molecule has 7 heteroatoms. The van der Waals surface area contributed by atoms with Gasteiger partial charge in [-0.3, -0.25) is 9.59 Å². The molecule has 4 saturated carbocycles. The molecule has 6 nitrogen and oxygen atoms in total. The summed E-state index contributed by atoms with van der Waals surface area (Å²) >= 11 is 6.47. The number of carboxylic acids is 1. The van der Waals surface area contributed by atoms with Crippen molar-refractivity contribution in [1.82, 2.24) is 9.78 Å². The maximum atomic E-state index is 13.3. The Morgan fingerprint density at radius 1 is 1.23 bits per heavy atom. The van der Waals surface area contributed by atoms with Gasteiger partial charge >= 0.3 is 5.97 Å². The molecule has 2 N–H and O–H groups in total. The van der Waals surface area contributed by atoms with Crippen LogP contribution in [-0.4, -0.2) is 20.9 Å². The van der Waals surface area contributed by atoms with Crippen molar-refractivity contribution in [1.29, 1.82) is 0 Å². The Bertz CT molecular complexity index is 1030. The lowest BCUT2D eigenvalue weighted by Crippen LogP contribution is -2.63. The Morgan fingerprint density at radius 3 is 2.53 bits per heavy atom. The minimum atomic E-state index is -0.815. The molecule has 3 atom stereocenters. The molecule has 30 heavy (non-hydrogen) atoms. The first-order valence-corrected chi connectivity index (χ1v) is 11.1. The number of hydrogen-bond donors (Lipinski definition) is 2. The molecule has 3 unspecified atom stereocenters. The van der Waals surface area contributed by atoms with Crippen LogP contribution in [0.3, 0.4) is 0 Å². The van der Waals surface area contributed by atoms with E-state index >= 15 is 0 Å². The van der Waals surface area contributed by atoms with Gasteiger partial charge in [0.05, 0.1) is 23.3 Å². The Balaban J connectivity index is 1.47. The zero-order valence-electron chi connectivity index (χ0n) is 17.0. The molecular weight excluding hydrogens is 402 g/mol. The molecule has 6 rings (SSSR count). The quantitative estimate of drug-likeness (QED) is 0.751. The fraction of sp³-hybridized carbons (Fsp3) is 0.522. The van der Waals surface area contributed by atoms with Crippen molar-refractivity contribution >= 4 is 23.3 Å². The van der Waals surface area contributed by atoms with E-state index in [2.05, 4.69) is 10.4 Å². The smallest absolute Gasteiger partial charge is 0.309 e. The van der Waals surface area contributed by atoms with Crippen molar-refractivity contribution in [3.05, 3.63) is 57.0 Å². The lowest BCUT2D eigenvalue weighted by molar-refractivity contribution is -0.168. The van der Waals surface area contributed by atoms with Gasteiger partial charge in [-0.15, -0.1) is 0 Å². The summed E-state index contributed by atoms with van der Waals surface area (Å²) in [5.74, 6) is -0.307. The number of hydrogen-bond acceptors (Lipinski definition) is 4. The minimum absolute atomic E-state index is 0.0806. The Hall–Kier alpha value is -2.34. The second kappa shape index (κ2) is 7.12. The maximum absolute atomic E-state index is 13.3. The summed E-state index contributed by atoms with van der Waals surface area (Å²) in [6.07, 6.45) is 6.03. The SMILES string of the molecule is Cc1ccc(CNc2cnn(C34CC5CC(CC(C5)C3C(=O)O)C4)c(=O)c2Cl)cc1. The van der Waals surface area contributed by atoms with Gasteiger partial charge in [-0.1, -0.05) is 41.4 Å². The molecule has 1 heterocycles. The van der Waals surface area contributed by atoms with Crippen molar-refractivity contribution in [3.8, 4) is 0 Å². The molecule has 158 valence electrons. The van der Waals surface area contributed by atoms with Gasteiger partial charge in [-0.25, -0.2) is 4.68 Å². The van der Waals surface area contributed by atoms with E-state index < -0.39 is 23.0 Å². The summed E-state index contributed by atoms with van der Waals surface area (Å²) in [6.45, 7) is 2.56. The van der Waals surface area contributed by atoms with Gasteiger partial charge in [0.15, 0.2) is 0 Å². The van der Waals surface area contributed by atoms with E-state index in [1.165, 1.54) is 10.2 Å². The van der Waals surface area contributed by atoms with Gasteiger partial charge in [0.2, 0.25) is 0 Å². The van der Waals surface area contributed by atoms with E-state index in [-0.39, 0.29) is 10.9 Å². The zero-order chi connectivity index (χ0) is 21.0. The van der Waals surface area contributed by atoms with E-state index in [4.69, 9.17) is 11.6 Å². The van der Waals surface area contributed by atoms with Crippen molar-refractivity contribution in [2.45, 2.75) is 51.1 Å². The third-order valence-corrected chi connectivity index (χ3v) is 7.85. The molecule has 4 fully saturated rings. The van der Waals surface area contributed by atoms with E-state index in [0.29, 0.717) is 36.9 Å². The van der Waals surface area contributed by atoms with Gasteiger partial charge in [0.1, 0.15) is 5.02 Å². The highest BCUT2D eigenvalue weighted by molar-refractivity contribution is 6.32. The molecule has 4 aliphatic rings. The number of nitrogens with zero attached hydrogens (tertiary/aromatic N) is 2. The molecule has 0 saturated heterocycles. The zero-order valence-corrected chi connectivity index (χ0v) is 17.7. The number of nitrogens with one attached hydrogen (secondary N) is 1. The first-order valence-electron chi connectivity index (χ1n) is 10.7. The summed E-state index contributed by atoms with van der Waals surface area (Å²) in [5, 5.41) is 17.8. The van der Waals surface area contributed by atoms with Gasteiger partial charge in [0, 0.05) is 6.54 Å². The van der Waals surface area contributed by atoms with Crippen LogP contribution in [-0.2, 0) is 16.9 Å². The molecule has 2 aromatic rings. The fourth-order valence-corrected chi connectivity index (χ4v) is 6.71. The van der Waals surface area contributed by atoms with Crippen LogP contribution in [0.15, 0.2) is 35.3 Å². The maximum Gasteiger partial charge on any atom is 0.309 e. The summed E-state index contributed by atoms with van der Waals surface area (Å²) < 4.78 is 1.43. The Morgan fingerprint density at radius 2 is 1.90 bits per heavy atom. The number of anilines is 1. The number of benzene rings is 1. The van der Waals surface area contributed by atoms with Crippen LogP contribution in [0.2, 0.25) is 5.02 Å². The third kappa shape index (κ3) is 3.04. The summed E-state index contributed by atoms with van der Waals surface area (Å²) in [4.78, 5) is 25.5. The predicted molar refractivity (Wildman–Crippen MR) is 115 cm³/mol. The number of aryl methyl sites for hydroxylation is 1.